The van der Waals surface area contributed by atoms with Gasteiger partial charge in [-0.3, -0.25) is 9.59 Å². The Labute approximate surface area is 93.7 Å². The molecule has 0 unspecified atom stereocenters. The molecule has 2 nitrogen and oxygen atoms in total. The number of hydrogen-bond acceptors (Lipinski definition) is 2. The zero-order valence-electron chi connectivity index (χ0n) is 8.74. The van der Waals surface area contributed by atoms with E-state index in [1.165, 1.54) is 12.2 Å². The first-order valence-corrected chi connectivity index (χ1v) is 5.90. The molecule has 5 aliphatic rings. The standard InChI is InChI=1S/C14H12O2/c15-11-5-6-12(16)14-10-4-3-9(13(11)14)7-1-2-8(7)10/h1-10,13-14H/t7-,8-,9-,10-,13-,14-/m0/s1. The first-order chi connectivity index (χ1) is 7.77. The molecule has 5 rings (SSSR count). The molecule has 2 heteroatoms. The third-order valence-corrected chi connectivity index (χ3v) is 4.73. The van der Waals surface area contributed by atoms with Crippen molar-refractivity contribution in [1.29, 1.82) is 0 Å². The van der Waals surface area contributed by atoms with Gasteiger partial charge in [0.05, 0.1) is 0 Å². The van der Waals surface area contributed by atoms with Gasteiger partial charge in [-0.25, -0.2) is 0 Å². The Balaban J connectivity index is 1.88. The number of allylic oxidation sites excluding steroid dienone is 6. The molecule has 0 aromatic heterocycles. The van der Waals surface area contributed by atoms with Gasteiger partial charge in [-0.2, -0.15) is 0 Å². The van der Waals surface area contributed by atoms with Crippen molar-refractivity contribution >= 4 is 11.6 Å². The first-order valence-electron chi connectivity index (χ1n) is 5.90. The van der Waals surface area contributed by atoms with E-state index in [1.54, 1.807) is 0 Å². The van der Waals surface area contributed by atoms with Crippen LogP contribution in [0.25, 0.3) is 0 Å². The molecule has 0 N–H and O–H groups in total. The zero-order valence-corrected chi connectivity index (χ0v) is 8.74. The molecule has 1 saturated carbocycles. The van der Waals surface area contributed by atoms with E-state index in [2.05, 4.69) is 24.3 Å². The summed E-state index contributed by atoms with van der Waals surface area (Å²) >= 11 is 0. The molecule has 0 aliphatic heterocycles. The van der Waals surface area contributed by atoms with Crippen LogP contribution in [0.3, 0.4) is 0 Å². The van der Waals surface area contributed by atoms with E-state index in [4.69, 9.17) is 0 Å². The van der Waals surface area contributed by atoms with Crippen LogP contribution in [-0.4, -0.2) is 11.6 Å². The molecule has 2 bridgehead atoms. The molecule has 5 aliphatic carbocycles. The maximum Gasteiger partial charge on any atom is 0.160 e. The van der Waals surface area contributed by atoms with Gasteiger partial charge in [0.25, 0.3) is 0 Å². The highest BCUT2D eigenvalue weighted by Gasteiger charge is 2.56. The number of carbonyl (C=O) groups excluding carboxylic acids is 2. The second kappa shape index (κ2) is 2.62. The Bertz CT molecular complexity index is 441. The summed E-state index contributed by atoms with van der Waals surface area (Å²) in [5.41, 5.74) is 0. The Morgan fingerprint density at radius 1 is 0.625 bits per heavy atom. The van der Waals surface area contributed by atoms with Crippen molar-refractivity contribution in [1.82, 2.24) is 0 Å². The summed E-state index contributed by atoms with van der Waals surface area (Å²) in [7, 11) is 0. The van der Waals surface area contributed by atoms with Crippen molar-refractivity contribution in [2.45, 2.75) is 0 Å². The molecule has 0 saturated heterocycles. The fourth-order valence-electron chi connectivity index (χ4n) is 3.97. The van der Waals surface area contributed by atoms with Gasteiger partial charge in [-0.05, 0) is 35.8 Å². The van der Waals surface area contributed by atoms with Gasteiger partial charge in [0.15, 0.2) is 11.6 Å². The van der Waals surface area contributed by atoms with E-state index in [0.717, 1.165) is 0 Å². The highest BCUT2D eigenvalue weighted by atomic mass is 16.1. The largest absolute Gasteiger partial charge is 0.294 e. The summed E-state index contributed by atoms with van der Waals surface area (Å²) in [5.74, 6) is 1.74. The first kappa shape index (κ1) is 8.68. The minimum atomic E-state index is -0.0706. The van der Waals surface area contributed by atoms with Crippen molar-refractivity contribution in [2.75, 3.05) is 0 Å². The molecule has 0 radical (unpaired) electrons. The second-order valence-corrected chi connectivity index (χ2v) is 5.27. The van der Waals surface area contributed by atoms with Crippen LogP contribution in [0.2, 0.25) is 0 Å². The second-order valence-electron chi connectivity index (χ2n) is 5.27. The average molecular weight is 212 g/mol. The lowest BCUT2D eigenvalue weighted by Gasteiger charge is -2.54. The van der Waals surface area contributed by atoms with Crippen LogP contribution in [0.1, 0.15) is 0 Å². The summed E-state index contributed by atoms with van der Waals surface area (Å²) in [6, 6.07) is 0. The van der Waals surface area contributed by atoms with Gasteiger partial charge < -0.3 is 0 Å². The van der Waals surface area contributed by atoms with Crippen LogP contribution in [0.15, 0.2) is 36.5 Å². The maximum absolute atomic E-state index is 11.9. The summed E-state index contributed by atoms with van der Waals surface area (Å²) in [6.07, 6.45) is 11.7. The van der Waals surface area contributed by atoms with Crippen molar-refractivity contribution in [3.8, 4) is 0 Å². The fourth-order valence-corrected chi connectivity index (χ4v) is 3.97. The number of rotatable bonds is 0. The SMILES string of the molecule is O=C1C=CC(=O)[C@@H]2[C@H]3C=C[C@@H]([C@H]4C=C[C@@H]43)[C@@H]12. The molecule has 0 amide bonds. The Morgan fingerprint density at radius 3 is 1.38 bits per heavy atom. The van der Waals surface area contributed by atoms with Gasteiger partial charge in [-0.1, -0.05) is 24.3 Å². The highest BCUT2D eigenvalue weighted by Crippen LogP contribution is 2.57. The summed E-state index contributed by atoms with van der Waals surface area (Å²) in [6.45, 7) is 0. The predicted molar refractivity (Wildman–Crippen MR) is 58.4 cm³/mol. The maximum atomic E-state index is 11.9. The molecule has 6 atom stereocenters. The van der Waals surface area contributed by atoms with Crippen LogP contribution < -0.4 is 0 Å². The molecule has 80 valence electrons. The van der Waals surface area contributed by atoms with E-state index in [-0.39, 0.29) is 35.2 Å². The Hall–Kier alpha value is -1.44. The van der Waals surface area contributed by atoms with Crippen LogP contribution in [0.4, 0.5) is 0 Å². The van der Waals surface area contributed by atoms with Crippen LogP contribution >= 0.6 is 0 Å². The number of ketones is 2. The van der Waals surface area contributed by atoms with Gasteiger partial charge in [0.2, 0.25) is 0 Å². The van der Waals surface area contributed by atoms with Gasteiger partial charge in [0, 0.05) is 11.8 Å². The third-order valence-electron chi connectivity index (χ3n) is 4.73. The molecule has 0 aromatic rings. The minimum absolute atomic E-state index is 0.0706. The lowest BCUT2D eigenvalue weighted by Crippen LogP contribution is -2.55. The molecule has 1 fully saturated rings. The topological polar surface area (TPSA) is 34.1 Å². The number of carbonyl (C=O) groups is 2. The van der Waals surface area contributed by atoms with E-state index in [0.29, 0.717) is 11.8 Å². The van der Waals surface area contributed by atoms with Crippen LogP contribution in [0, 0.1) is 35.5 Å². The predicted octanol–water partition coefficient (Wildman–Crippen LogP) is 1.54. The van der Waals surface area contributed by atoms with Crippen molar-refractivity contribution < 1.29 is 9.59 Å². The quantitative estimate of drug-likeness (QED) is 0.571. The molecule has 0 spiro atoms. The molecular formula is C14H12O2. The lowest BCUT2D eigenvalue weighted by molar-refractivity contribution is -0.137. The Kier molecular flexibility index (Phi) is 1.42. The molecule has 16 heavy (non-hydrogen) atoms. The molecular weight excluding hydrogens is 200 g/mol. The van der Waals surface area contributed by atoms with E-state index in [1.807, 2.05) is 0 Å². The van der Waals surface area contributed by atoms with Gasteiger partial charge in [0.1, 0.15) is 0 Å². The van der Waals surface area contributed by atoms with E-state index < -0.39 is 0 Å². The van der Waals surface area contributed by atoms with Crippen LogP contribution in [-0.2, 0) is 9.59 Å². The zero-order chi connectivity index (χ0) is 10.9. The average Bonchev–Trinajstić information content (AvgIpc) is 2.23. The third kappa shape index (κ3) is 0.809. The van der Waals surface area contributed by atoms with Gasteiger partial charge >= 0.3 is 0 Å². The van der Waals surface area contributed by atoms with Gasteiger partial charge in [-0.15, -0.1) is 0 Å². The van der Waals surface area contributed by atoms with Crippen molar-refractivity contribution in [2.24, 2.45) is 35.5 Å². The summed E-state index contributed by atoms with van der Waals surface area (Å²) < 4.78 is 0. The Morgan fingerprint density at radius 2 is 1.00 bits per heavy atom. The summed E-state index contributed by atoms with van der Waals surface area (Å²) in [5, 5.41) is 0. The minimum Gasteiger partial charge on any atom is -0.294 e. The monoisotopic (exact) mass is 212 g/mol. The van der Waals surface area contributed by atoms with E-state index in [9.17, 15) is 9.59 Å². The normalized spacial score (nSPS) is 51.2. The highest BCUT2D eigenvalue weighted by molar-refractivity contribution is 6.08. The molecule has 0 heterocycles. The molecule has 0 aromatic carbocycles. The fraction of sp³-hybridized carbons (Fsp3) is 0.429. The number of hydrogen-bond donors (Lipinski definition) is 0. The lowest BCUT2D eigenvalue weighted by atomic mass is 9.47. The van der Waals surface area contributed by atoms with E-state index >= 15 is 0 Å². The van der Waals surface area contributed by atoms with Crippen LogP contribution in [0.5, 0.6) is 0 Å². The van der Waals surface area contributed by atoms with Crippen molar-refractivity contribution in [3.05, 3.63) is 36.5 Å². The van der Waals surface area contributed by atoms with Crippen molar-refractivity contribution in [3.63, 3.8) is 0 Å². The smallest absolute Gasteiger partial charge is 0.160 e. The summed E-state index contributed by atoms with van der Waals surface area (Å²) in [4.78, 5) is 23.9.